The zero-order valence-corrected chi connectivity index (χ0v) is 7.87. The molecule has 1 aliphatic rings. The van der Waals surface area contributed by atoms with Crippen LogP contribution in [0.1, 0.15) is 11.7 Å². The highest BCUT2D eigenvalue weighted by Crippen LogP contribution is 2.21. The molecule has 2 heterocycles. The molecule has 4 nitrogen and oxygen atoms in total. The Hall–Kier alpha value is -0.940. The second-order valence-electron chi connectivity index (χ2n) is 2.85. The van der Waals surface area contributed by atoms with E-state index in [4.69, 9.17) is 4.74 Å². The molecule has 2 rings (SSSR count). The van der Waals surface area contributed by atoms with Gasteiger partial charge in [-0.25, -0.2) is 4.98 Å². The molecule has 1 amide bonds. The molecule has 1 aromatic rings. The molecule has 0 radical (unpaired) electrons. The van der Waals surface area contributed by atoms with E-state index in [1.165, 1.54) is 11.3 Å². The standard InChI is InChI=1S/C8H10N2O2S/c11-6-10-1-2-12-3-8(10)7-4-13-5-9-7/h4-6,8H,1-3H2. The van der Waals surface area contributed by atoms with Crippen molar-refractivity contribution in [1.82, 2.24) is 9.88 Å². The molecule has 0 saturated carbocycles. The van der Waals surface area contributed by atoms with Gasteiger partial charge in [0.2, 0.25) is 6.41 Å². The summed E-state index contributed by atoms with van der Waals surface area (Å²) in [6, 6.07) is 0.0116. The highest BCUT2D eigenvalue weighted by Gasteiger charge is 2.24. The van der Waals surface area contributed by atoms with Gasteiger partial charge in [0.15, 0.2) is 0 Å². The number of amides is 1. The molecule has 1 saturated heterocycles. The van der Waals surface area contributed by atoms with E-state index in [0.717, 1.165) is 12.1 Å². The van der Waals surface area contributed by atoms with Crippen LogP contribution in [0.15, 0.2) is 10.9 Å². The van der Waals surface area contributed by atoms with E-state index in [9.17, 15) is 4.79 Å². The number of carbonyl (C=O) groups is 1. The van der Waals surface area contributed by atoms with Crippen LogP contribution >= 0.6 is 11.3 Å². The van der Waals surface area contributed by atoms with Gasteiger partial charge in [0, 0.05) is 11.9 Å². The smallest absolute Gasteiger partial charge is 0.210 e. The van der Waals surface area contributed by atoms with Gasteiger partial charge in [-0.1, -0.05) is 0 Å². The van der Waals surface area contributed by atoms with E-state index >= 15 is 0 Å². The summed E-state index contributed by atoms with van der Waals surface area (Å²) in [7, 11) is 0. The molecule has 70 valence electrons. The van der Waals surface area contributed by atoms with Crippen molar-refractivity contribution in [1.29, 1.82) is 0 Å². The van der Waals surface area contributed by atoms with Crippen molar-refractivity contribution in [2.45, 2.75) is 6.04 Å². The van der Waals surface area contributed by atoms with Crippen molar-refractivity contribution in [2.75, 3.05) is 19.8 Å². The molecule has 0 bridgehead atoms. The molecule has 0 aliphatic carbocycles. The number of morpholine rings is 1. The first-order valence-electron chi connectivity index (χ1n) is 4.08. The summed E-state index contributed by atoms with van der Waals surface area (Å²) in [6.07, 6.45) is 0.868. The fourth-order valence-corrected chi connectivity index (χ4v) is 1.99. The van der Waals surface area contributed by atoms with Crippen molar-refractivity contribution in [3.63, 3.8) is 0 Å². The Bertz CT molecular complexity index is 276. The second-order valence-corrected chi connectivity index (χ2v) is 3.57. The Kier molecular flexibility index (Phi) is 2.56. The van der Waals surface area contributed by atoms with Gasteiger partial charge >= 0.3 is 0 Å². The topological polar surface area (TPSA) is 42.4 Å². The molecule has 1 unspecified atom stereocenters. The molecule has 1 aromatic heterocycles. The second kappa shape index (κ2) is 3.85. The third-order valence-electron chi connectivity index (χ3n) is 2.10. The first-order valence-corrected chi connectivity index (χ1v) is 5.03. The predicted octanol–water partition coefficient (Wildman–Crippen LogP) is 0.673. The van der Waals surface area contributed by atoms with Gasteiger partial charge < -0.3 is 9.64 Å². The molecule has 5 heteroatoms. The Labute approximate surface area is 80.1 Å². The average Bonchev–Trinajstić information content (AvgIpc) is 2.70. The number of ether oxygens (including phenoxy) is 1. The first-order chi connectivity index (χ1) is 6.42. The fourth-order valence-electron chi connectivity index (χ4n) is 1.38. The highest BCUT2D eigenvalue weighted by atomic mass is 32.1. The van der Waals surface area contributed by atoms with Crippen molar-refractivity contribution in [3.8, 4) is 0 Å². The SMILES string of the molecule is O=CN1CCOCC1c1cscn1. The third kappa shape index (κ3) is 1.71. The average molecular weight is 198 g/mol. The van der Waals surface area contributed by atoms with Gasteiger partial charge in [-0.3, -0.25) is 4.79 Å². The maximum atomic E-state index is 10.7. The van der Waals surface area contributed by atoms with Crippen molar-refractivity contribution in [3.05, 3.63) is 16.6 Å². The van der Waals surface area contributed by atoms with Crippen LogP contribution in [-0.2, 0) is 9.53 Å². The quantitative estimate of drug-likeness (QED) is 0.656. The van der Waals surface area contributed by atoms with Gasteiger partial charge in [0.25, 0.3) is 0 Å². The number of hydrogen-bond acceptors (Lipinski definition) is 4. The lowest BCUT2D eigenvalue weighted by Gasteiger charge is -2.31. The minimum absolute atomic E-state index is 0.0116. The van der Waals surface area contributed by atoms with Gasteiger partial charge in [0.1, 0.15) is 0 Å². The molecule has 0 aromatic carbocycles. The number of thiazole rings is 1. The molecule has 13 heavy (non-hydrogen) atoms. The summed E-state index contributed by atoms with van der Waals surface area (Å²) in [5, 5.41) is 1.95. The minimum Gasteiger partial charge on any atom is -0.377 e. The lowest BCUT2D eigenvalue weighted by Crippen LogP contribution is -2.38. The van der Waals surface area contributed by atoms with Crippen molar-refractivity contribution >= 4 is 17.7 Å². The molecule has 1 atom stereocenters. The number of carbonyl (C=O) groups excluding carboxylic acids is 1. The normalized spacial score (nSPS) is 23.1. The summed E-state index contributed by atoms with van der Waals surface area (Å²) in [5.41, 5.74) is 2.70. The third-order valence-corrected chi connectivity index (χ3v) is 2.70. The highest BCUT2D eigenvalue weighted by molar-refractivity contribution is 7.07. The van der Waals surface area contributed by atoms with Gasteiger partial charge in [-0.05, 0) is 0 Å². The van der Waals surface area contributed by atoms with Crippen LogP contribution in [0, 0.1) is 0 Å². The van der Waals surface area contributed by atoms with Gasteiger partial charge in [0.05, 0.1) is 30.5 Å². The predicted molar refractivity (Wildman–Crippen MR) is 48.4 cm³/mol. The van der Waals surface area contributed by atoms with E-state index in [1.54, 1.807) is 10.4 Å². The van der Waals surface area contributed by atoms with E-state index in [1.807, 2.05) is 5.38 Å². The van der Waals surface area contributed by atoms with Crippen molar-refractivity contribution < 1.29 is 9.53 Å². The Morgan fingerprint density at radius 1 is 1.77 bits per heavy atom. The molecule has 0 spiro atoms. The summed E-state index contributed by atoms with van der Waals surface area (Å²) in [5.74, 6) is 0. The number of rotatable bonds is 2. The summed E-state index contributed by atoms with van der Waals surface area (Å²) in [4.78, 5) is 16.6. The Balaban J connectivity index is 2.15. The lowest BCUT2D eigenvalue weighted by atomic mass is 10.2. The summed E-state index contributed by atoms with van der Waals surface area (Å²) in [6.45, 7) is 1.84. The van der Waals surface area contributed by atoms with Gasteiger partial charge in [-0.2, -0.15) is 0 Å². The lowest BCUT2D eigenvalue weighted by molar-refractivity contribution is -0.126. The number of aromatic nitrogens is 1. The zero-order valence-electron chi connectivity index (χ0n) is 7.05. The maximum Gasteiger partial charge on any atom is 0.210 e. The fraction of sp³-hybridized carbons (Fsp3) is 0.500. The van der Waals surface area contributed by atoms with E-state index in [-0.39, 0.29) is 6.04 Å². The van der Waals surface area contributed by atoms with Gasteiger partial charge in [-0.15, -0.1) is 11.3 Å². The number of nitrogens with zero attached hydrogens (tertiary/aromatic N) is 2. The van der Waals surface area contributed by atoms with Crippen LogP contribution in [0.4, 0.5) is 0 Å². The van der Waals surface area contributed by atoms with E-state index in [2.05, 4.69) is 4.98 Å². The molecule has 0 N–H and O–H groups in total. The maximum absolute atomic E-state index is 10.7. The van der Waals surface area contributed by atoms with Crippen molar-refractivity contribution in [2.24, 2.45) is 0 Å². The molecular weight excluding hydrogens is 188 g/mol. The Morgan fingerprint density at radius 3 is 3.38 bits per heavy atom. The zero-order chi connectivity index (χ0) is 9.10. The van der Waals surface area contributed by atoms with Crippen LogP contribution in [0.3, 0.4) is 0 Å². The molecular formula is C8H10N2O2S. The van der Waals surface area contributed by atoms with E-state index in [0.29, 0.717) is 19.8 Å². The Morgan fingerprint density at radius 2 is 2.69 bits per heavy atom. The summed E-state index contributed by atoms with van der Waals surface area (Å²) < 4.78 is 5.30. The van der Waals surface area contributed by atoms with E-state index < -0.39 is 0 Å². The minimum atomic E-state index is 0.0116. The van der Waals surface area contributed by atoms with Crippen LogP contribution in [-0.4, -0.2) is 36.1 Å². The monoisotopic (exact) mass is 198 g/mol. The first kappa shape index (κ1) is 8.65. The van der Waals surface area contributed by atoms with Crippen LogP contribution < -0.4 is 0 Å². The van der Waals surface area contributed by atoms with Crippen LogP contribution in [0.5, 0.6) is 0 Å². The van der Waals surface area contributed by atoms with Crippen LogP contribution in [0.25, 0.3) is 0 Å². The summed E-state index contributed by atoms with van der Waals surface area (Å²) >= 11 is 1.54. The number of hydrogen-bond donors (Lipinski definition) is 0. The van der Waals surface area contributed by atoms with Crippen LogP contribution in [0.2, 0.25) is 0 Å². The largest absolute Gasteiger partial charge is 0.377 e. The molecule has 1 aliphatic heterocycles. The molecule has 1 fully saturated rings.